The van der Waals surface area contributed by atoms with Gasteiger partial charge in [-0.2, -0.15) is 0 Å². The summed E-state index contributed by atoms with van der Waals surface area (Å²) < 4.78 is 5.78. The summed E-state index contributed by atoms with van der Waals surface area (Å²) in [7, 11) is 0. The van der Waals surface area contributed by atoms with Gasteiger partial charge in [0.15, 0.2) is 15.6 Å². The molecule has 1 aromatic heterocycles. The van der Waals surface area contributed by atoms with E-state index in [1.807, 2.05) is 24.3 Å². The van der Waals surface area contributed by atoms with Crippen molar-refractivity contribution >= 4 is 50.2 Å². The number of carbonyl (C=O) groups excluding carboxylic acids is 1. The highest BCUT2D eigenvalue weighted by Gasteiger charge is 2.26. The lowest BCUT2D eigenvalue weighted by molar-refractivity contribution is 0.0995. The molecule has 0 radical (unpaired) electrons. The monoisotopic (exact) mass is 389 g/mol. The molecule has 2 aromatic rings. The van der Waals surface area contributed by atoms with E-state index in [1.54, 1.807) is 23.9 Å². The third kappa shape index (κ3) is 2.82. The molecule has 0 aliphatic carbocycles. The first kappa shape index (κ1) is 14.6. The number of aliphatic imine (C=N–C) groups is 1. The zero-order valence-electron chi connectivity index (χ0n) is 12.0. The number of hydrogen-bond donors (Lipinski definition) is 1. The van der Waals surface area contributed by atoms with Crippen LogP contribution >= 0.6 is 27.7 Å². The van der Waals surface area contributed by atoms with Gasteiger partial charge in [-0.1, -0.05) is 23.9 Å². The SMILES string of the molecule is O=C(Nc1ccc(C2=CSC3=NCCN23)cc1)c1ccc(Br)o1. The molecule has 0 unspecified atom stereocenters. The van der Waals surface area contributed by atoms with Crippen molar-refractivity contribution in [3.63, 3.8) is 0 Å². The van der Waals surface area contributed by atoms with Crippen molar-refractivity contribution in [3.8, 4) is 0 Å². The second-order valence-corrected chi connectivity index (χ2v) is 6.69. The molecule has 1 N–H and O–H groups in total. The van der Waals surface area contributed by atoms with Gasteiger partial charge in [0.25, 0.3) is 5.91 Å². The molecule has 0 atom stereocenters. The Morgan fingerprint density at radius 3 is 2.83 bits per heavy atom. The number of benzene rings is 1. The van der Waals surface area contributed by atoms with Gasteiger partial charge in [0.2, 0.25) is 0 Å². The lowest BCUT2D eigenvalue weighted by Gasteiger charge is -2.16. The molecule has 4 rings (SSSR count). The lowest BCUT2D eigenvalue weighted by atomic mass is 10.1. The Morgan fingerprint density at radius 1 is 1.26 bits per heavy atom. The average Bonchev–Trinajstić information content (AvgIpc) is 3.24. The van der Waals surface area contributed by atoms with E-state index in [2.05, 4.69) is 36.5 Å². The van der Waals surface area contributed by atoms with Crippen LogP contribution in [0.4, 0.5) is 5.69 Å². The molecular weight excluding hydrogens is 378 g/mol. The Hall–Kier alpha value is -1.99. The van der Waals surface area contributed by atoms with Crippen LogP contribution in [0.25, 0.3) is 5.70 Å². The molecule has 23 heavy (non-hydrogen) atoms. The van der Waals surface area contributed by atoms with Gasteiger partial charge in [-0.15, -0.1) is 0 Å². The highest BCUT2D eigenvalue weighted by atomic mass is 79.9. The number of nitrogens with one attached hydrogen (secondary N) is 1. The summed E-state index contributed by atoms with van der Waals surface area (Å²) >= 11 is 4.84. The van der Waals surface area contributed by atoms with Gasteiger partial charge in [0, 0.05) is 17.6 Å². The van der Waals surface area contributed by atoms with Crippen LogP contribution in [0.5, 0.6) is 0 Å². The van der Waals surface area contributed by atoms with Gasteiger partial charge in [-0.05, 0) is 45.8 Å². The first-order valence-corrected chi connectivity index (χ1v) is 8.74. The highest BCUT2D eigenvalue weighted by molar-refractivity contribution is 9.10. The summed E-state index contributed by atoms with van der Waals surface area (Å²) in [6, 6.07) is 11.1. The molecule has 3 heterocycles. The summed E-state index contributed by atoms with van der Waals surface area (Å²) in [6.45, 7) is 1.78. The molecule has 5 nitrogen and oxygen atoms in total. The Labute approximate surface area is 145 Å². The van der Waals surface area contributed by atoms with Crippen LogP contribution in [0.3, 0.4) is 0 Å². The third-order valence-corrected chi connectivity index (χ3v) is 4.93. The molecule has 0 spiro atoms. The summed E-state index contributed by atoms with van der Waals surface area (Å²) in [6.07, 6.45) is 0. The van der Waals surface area contributed by atoms with Crippen molar-refractivity contribution in [1.82, 2.24) is 4.90 Å². The standard InChI is InChI=1S/C16H12BrN3O2S/c17-14-6-5-13(22-14)15(21)19-11-3-1-10(2-4-11)12-9-23-16-18-7-8-20(12)16/h1-6,9H,7-8H2,(H,19,21). The molecule has 0 fully saturated rings. The molecule has 2 aliphatic heterocycles. The summed E-state index contributed by atoms with van der Waals surface area (Å²) in [4.78, 5) is 18.7. The maximum Gasteiger partial charge on any atom is 0.291 e. The minimum Gasteiger partial charge on any atom is -0.444 e. The molecule has 7 heteroatoms. The van der Waals surface area contributed by atoms with Gasteiger partial charge >= 0.3 is 0 Å². The Balaban J connectivity index is 1.48. The Bertz CT molecular complexity index is 826. The average molecular weight is 390 g/mol. The zero-order chi connectivity index (χ0) is 15.8. The third-order valence-electron chi connectivity index (χ3n) is 3.60. The largest absolute Gasteiger partial charge is 0.444 e. The van der Waals surface area contributed by atoms with E-state index in [9.17, 15) is 4.79 Å². The van der Waals surface area contributed by atoms with Crippen molar-refractivity contribution in [2.75, 3.05) is 18.4 Å². The molecule has 0 saturated heterocycles. The number of halogens is 1. The van der Waals surface area contributed by atoms with Crippen molar-refractivity contribution in [2.45, 2.75) is 0 Å². The molecule has 0 saturated carbocycles. The second-order valence-electron chi connectivity index (χ2n) is 5.07. The predicted molar refractivity (Wildman–Crippen MR) is 95.4 cm³/mol. The molecule has 1 amide bonds. The maximum atomic E-state index is 12.1. The minimum atomic E-state index is -0.270. The molecule has 0 bridgehead atoms. The number of anilines is 1. The molecular formula is C16H12BrN3O2S. The van der Waals surface area contributed by atoms with Crippen LogP contribution in [0.15, 0.2) is 55.9 Å². The molecule has 116 valence electrons. The van der Waals surface area contributed by atoms with Crippen LogP contribution in [-0.4, -0.2) is 29.1 Å². The first-order valence-electron chi connectivity index (χ1n) is 7.07. The number of nitrogens with zero attached hydrogens (tertiary/aromatic N) is 2. The number of rotatable bonds is 3. The quantitative estimate of drug-likeness (QED) is 0.861. The Kier molecular flexibility index (Phi) is 3.74. The topological polar surface area (TPSA) is 57.8 Å². The van der Waals surface area contributed by atoms with Gasteiger partial charge in [0.1, 0.15) is 0 Å². The van der Waals surface area contributed by atoms with Gasteiger partial charge in [0.05, 0.1) is 12.2 Å². The van der Waals surface area contributed by atoms with E-state index >= 15 is 0 Å². The van der Waals surface area contributed by atoms with Crippen molar-refractivity contribution in [2.24, 2.45) is 4.99 Å². The number of carbonyl (C=O) groups is 1. The fourth-order valence-electron chi connectivity index (χ4n) is 2.50. The zero-order valence-corrected chi connectivity index (χ0v) is 14.4. The van der Waals surface area contributed by atoms with Crippen LogP contribution in [0.2, 0.25) is 0 Å². The van der Waals surface area contributed by atoms with E-state index < -0.39 is 0 Å². The Morgan fingerprint density at radius 2 is 2.09 bits per heavy atom. The lowest BCUT2D eigenvalue weighted by Crippen LogP contribution is -2.19. The van der Waals surface area contributed by atoms with E-state index in [-0.39, 0.29) is 11.7 Å². The van der Waals surface area contributed by atoms with Crippen molar-refractivity contribution < 1.29 is 9.21 Å². The normalized spacial score (nSPS) is 16.1. The number of amidine groups is 1. The maximum absolute atomic E-state index is 12.1. The summed E-state index contributed by atoms with van der Waals surface area (Å²) in [5.41, 5.74) is 3.01. The number of furan rings is 1. The van der Waals surface area contributed by atoms with Crippen LogP contribution in [0.1, 0.15) is 16.1 Å². The summed E-state index contributed by atoms with van der Waals surface area (Å²) in [5, 5.41) is 6.01. The van der Waals surface area contributed by atoms with E-state index in [4.69, 9.17) is 4.42 Å². The number of amides is 1. The fourth-order valence-corrected chi connectivity index (χ4v) is 3.77. The fraction of sp³-hybridized carbons (Fsp3) is 0.125. The van der Waals surface area contributed by atoms with E-state index in [0.29, 0.717) is 4.67 Å². The van der Waals surface area contributed by atoms with Crippen LogP contribution in [-0.2, 0) is 0 Å². The molecule has 2 aliphatic rings. The number of hydrogen-bond acceptors (Lipinski definition) is 5. The highest BCUT2D eigenvalue weighted by Crippen LogP contribution is 2.35. The van der Waals surface area contributed by atoms with E-state index in [0.717, 1.165) is 29.5 Å². The second kappa shape index (κ2) is 5.90. The summed E-state index contributed by atoms with van der Waals surface area (Å²) in [5.74, 6) is 0.00169. The van der Waals surface area contributed by atoms with Crippen LogP contribution in [0, 0.1) is 0 Å². The van der Waals surface area contributed by atoms with E-state index in [1.165, 1.54) is 5.70 Å². The smallest absolute Gasteiger partial charge is 0.291 e. The predicted octanol–water partition coefficient (Wildman–Crippen LogP) is 4.01. The minimum absolute atomic E-state index is 0.270. The van der Waals surface area contributed by atoms with Crippen molar-refractivity contribution in [1.29, 1.82) is 0 Å². The van der Waals surface area contributed by atoms with Crippen LogP contribution < -0.4 is 5.32 Å². The van der Waals surface area contributed by atoms with Gasteiger partial charge < -0.3 is 14.6 Å². The van der Waals surface area contributed by atoms with Crippen molar-refractivity contribution in [3.05, 3.63) is 57.8 Å². The molecule has 1 aromatic carbocycles. The number of thioether (sulfide) groups is 1. The van der Waals surface area contributed by atoms with Gasteiger partial charge in [-0.3, -0.25) is 9.79 Å². The first-order chi connectivity index (χ1) is 11.2. The van der Waals surface area contributed by atoms with Gasteiger partial charge in [-0.25, -0.2) is 0 Å². The number of fused-ring (bicyclic) bond motifs is 1.